The molecule has 0 aromatic rings. The molecule has 1 aliphatic carbocycles. The standard InChI is InChI=1S/C9H14O2S/c10-9(11)6-7-12-8-4-2-1-3-5-8/h6-8H,1-5H2,(H,10,11)/b7-6-. The number of aliphatic carboxylic acids is 1. The quantitative estimate of drug-likeness (QED) is 0.688. The molecular weight excluding hydrogens is 172 g/mol. The van der Waals surface area contributed by atoms with Gasteiger partial charge in [-0.2, -0.15) is 0 Å². The van der Waals surface area contributed by atoms with Crippen LogP contribution < -0.4 is 0 Å². The second-order valence-electron chi connectivity index (χ2n) is 3.04. The summed E-state index contributed by atoms with van der Waals surface area (Å²) >= 11 is 1.66. The van der Waals surface area contributed by atoms with Crippen LogP contribution in [0.2, 0.25) is 0 Å². The van der Waals surface area contributed by atoms with E-state index in [2.05, 4.69) is 0 Å². The van der Waals surface area contributed by atoms with Crippen molar-refractivity contribution in [1.29, 1.82) is 0 Å². The normalized spacial score (nSPS) is 20.0. The van der Waals surface area contributed by atoms with Crippen molar-refractivity contribution in [1.82, 2.24) is 0 Å². The molecule has 2 nitrogen and oxygen atoms in total. The predicted molar refractivity (Wildman–Crippen MR) is 51.2 cm³/mol. The summed E-state index contributed by atoms with van der Waals surface area (Å²) in [5.74, 6) is -0.849. The molecule has 0 amide bonds. The number of rotatable bonds is 3. The van der Waals surface area contributed by atoms with Gasteiger partial charge in [0.15, 0.2) is 0 Å². The van der Waals surface area contributed by atoms with Gasteiger partial charge in [-0.15, -0.1) is 11.8 Å². The number of carbonyl (C=O) groups is 1. The van der Waals surface area contributed by atoms with E-state index in [4.69, 9.17) is 5.11 Å². The Morgan fingerprint density at radius 3 is 2.58 bits per heavy atom. The van der Waals surface area contributed by atoms with Gasteiger partial charge >= 0.3 is 5.97 Å². The lowest BCUT2D eigenvalue weighted by Gasteiger charge is -2.18. The second-order valence-corrected chi connectivity index (χ2v) is 4.25. The van der Waals surface area contributed by atoms with E-state index in [9.17, 15) is 4.79 Å². The highest BCUT2D eigenvalue weighted by Gasteiger charge is 2.11. The molecule has 0 spiro atoms. The summed E-state index contributed by atoms with van der Waals surface area (Å²) in [6.45, 7) is 0. The van der Waals surface area contributed by atoms with Crippen LogP contribution in [0.25, 0.3) is 0 Å². The minimum absolute atomic E-state index is 0.661. The minimum Gasteiger partial charge on any atom is -0.478 e. The van der Waals surface area contributed by atoms with Gasteiger partial charge in [0.05, 0.1) is 0 Å². The molecule has 0 aliphatic heterocycles. The van der Waals surface area contributed by atoms with Gasteiger partial charge in [0.2, 0.25) is 0 Å². The predicted octanol–water partition coefficient (Wildman–Crippen LogP) is 2.65. The van der Waals surface area contributed by atoms with Gasteiger partial charge in [-0.25, -0.2) is 4.79 Å². The average Bonchev–Trinajstić information content (AvgIpc) is 2.05. The molecule has 0 bridgehead atoms. The van der Waals surface area contributed by atoms with Crippen molar-refractivity contribution in [3.05, 3.63) is 11.5 Å². The van der Waals surface area contributed by atoms with Crippen molar-refractivity contribution >= 4 is 17.7 Å². The van der Waals surface area contributed by atoms with Crippen LogP contribution in [0.5, 0.6) is 0 Å². The molecule has 1 fully saturated rings. The Balaban J connectivity index is 2.17. The van der Waals surface area contributed by atoms with Crippen molar-refractivity contribution in [2.24, 2.45) is 0 Å². The van der Waals surface area contributed by atoms with Crippen molar-refractivity contribution in [2.75, 3.05) is 0 Å². The summed E-state index contributed by atoms with van der Waals surface area (Å²) in [5, 5.41) is 10.7. The van der Waals surface area contributed by atoms with E-state index >= 15 is 0 Å². The maximum Gasteiger partial charge on any atom is 0.328 e. The molecule has 0 unspecified atom stereocenters. The maximum absolute atomic E-state index is 10.1. The fourth-order valence-electron chi connectivity index (χ4n) is 1.41. The molecule has 0 aromatic heterocycles. The van der Waals surface area contributed by atoms with E-state index in [-0.39, 0.29) is 0 Å². The highest BCUT2D eigenvalue weighted by molar-refractivity contribution is 8.02. The maximum atomic E-state index is 10.1. The number of thioether (sulfide) groups is 1. The first-order valence-electron chi connectivity index (χ1n) is 4.34. The summed E-state index contributed by atoms with van der Waals surface area (Å²) in [7, 11) is 0. The summed E-state index contributed by atoms with van der Waals surface area (Å²) in [6.07, 6.45) is 7.67. The molecule has 0 radical (unpaired) electrons. The van der Waals surface area contributed by atoms with E-state index in [1.54, 1.807) is 17.2 Å². The Labute approximate surface area is 77.0 Å². The Morgan fingerprint density at radius 2 is 2.00 bits per heavy atom. The number of carboxylic acids is 1. The Bertz CT molecular complexity index is 171. The first kappa shape index (κ1) is 9.65. The van der Waals surface area contributed by atoms with E-state index in [0.29, 0.717) is 5.25 Å². The van der Waals surface area contributed by atoms with Crippen molar-refractivity contribution in [3.8, 4) is 0 Å². The van der Waals surface area contributed by atoms with E-state index in [0.717, 1.165) is 0 Å². The zero-order chi connectivity index (χ0) is 8.81. The fourth-order valence-corrected chi connectivity index (χ4v) is 2.43. The third-order valence-corrected chi connectivity index (χ3v) is 3.18. The lowest BCUT2D eigenvalue weighted by molar-refractivity contribution is -0.131. The third kappa shape index (κ3) is 3.81. The molecule has 3 heteroatoms. The second kappa shape index (κ2) is 5.25. The van der Waals surface area contributed by atoms with Crippen molar-refractivity contribution in [2.45, 2.75) is 37.4 Å². The van der Waals surface area contributed by atoms with Crippen LogP contribution in [0.3, 0.4) is 0 Å². The summed E-state index contributed by atoms with van der Waals surface area (Å²) in [5.41, 5.74) is 0. The fraction of sp³-hybridized carbons (Fsp3) is 0.667. The molecule has 0 aromatic carbocycles. The molecule has 68 valence electrons. The SMILES string of the molecule is O=C(O)/C=C\SC1CCCCC1. The largest absolute Gasteiger partial charge is 0.478 e. The van der Waals surface area contributed by atoms with Gasteiger partial charge in [-0.3, -0.25) is 0 Å². The highest BCUT2D eigenvalue weighted by Crippen LogP contribution is 2.28. The molecular formula is C9H14O2S. The molecule has 1 rings (SSSR count). The zero-order valence-corrected chi connectivity index (χ0v) is 7.85. The lowest BCUT2D eigenvalue weighted by Crippen LogP contribution is -2.06. The van der Waals surface area contributed by atoms with Crippen LogP contribution in [-0.2, 0) is 4.79 Å². The molecule has 0 heterocycles. The van der Waals surface area contributed by atoms with E-state index < -0.39 is 5.97 Å². The van der Waals surface area contributed by atoms with Gasteiger partial charge in [0.1, 0.15) is 0 Å². The Hall–Kier alpha value is -0.440. The summed E-state index contributed by atoms with van der Waals surface area (Å²) in [4.78, 5) is 10.1. The van der Waals surface area contributed by atoms with Crippen LogP contribution in [0.4, 0.5) is 0 Å². The van der Waals surface area contributed by atoms with Crippen molar-refractivity contribution in [3.63, 3.8) is 0 Å². The number of hydrogen-bond donors (Lipinski definition) is 1. The monoisotopic (exact) mass is 186 g/mol. The van der Waals surface area contributed by atoms with Crippen LogP contribution >= 0.6 is 11.8 Å². The van der Waals surface area contributed by atoms with Gasteiger partial charge in [-0.05, 0) is 18.2 Å². The first-order valence-corrected chi connectivity index (χ1v) is 5.28. The molecule has 0 atom stereocenters. The van der Waals surface area contributed by atoms with Crippen LogP contribution in [0.15, 0.2) is 11.5 Å². The summed E-state index contributed by atoms with van der Waals surface area (Å²) < 4.78 is 0. The van der Waals surface area contributed by atoms with Gasteiger partial charge in [-0.1, -0.05) is 19.3 Å². The van der Waals surface area contributed by atoms with Crippen molar-refractivity contribution < 1.29 is 9.90 Å². The molecule has 1 aliphatic rings. The topological polar surface area (TPSA) is 37.3 Å². The van der Waals surface area contributed by atoms with Crippen LogP contribution in [-0.4, -0.2) is 16.3 Å². The number of carboxylic acid groups (broad SMARTS) is 1. The van der Waals surface area contributed by atoms with Crippen LogP contribution in [0.1, 0.15) is 32.1 Å². The molecule has 12 heavy (non-hydrogen) atoms. The Kier molecular flexibility index (Phi) is 4.22. The highest BCUT2D eigenvalue weighted by atomic mass is 32.2. The zero-order valence-electron chi connectivity index (χ0n) is 7.03. The van der Waals surface area contributed by atoms with E-state index in [1.807, 2.05) is 0 Å². The molecule has 0 saturated heterocycles. The number of hydrogen-bond acceptors (Lipinski definition) is 2. The third-order valence-electron chi connectivity index (χ3n) is 2.03. The molecule has 1 N–H and O–H groups in total. The minimum atomic E-state index is -0.849. The first-order chi connectivity index (χ1) is 5.79. The van der Waals surface area contributed by atoms with E-state index in [1.165, 1.54) is 38.2 Å². The Morgan fingerprint density at radius 1 is 1.33 bits per heavy atom. The van der Waals surface area contributed by atoms with Crippen LogP contribution in [0, 0.1) is 0 Å². The summed E-state index contributed by atoms with van der Waals surface area (Å²) in [6, 6.07) is 0. The lowest BCUT2D eigenvalue weighted by atomic mass is 10.0. The molecule has 1 saturated carbocycles. The average molecular weight is 186 g/mol. The van der Waals surface area contributed by atoms with Gasteiger partial charge in [0.25, 0.3) is 0 Å². The van der Waals surface area contributed by atoms with Gasteiger partial charge in [0, 0.05) is 11.3 Å². The van der Waals surface area contributed by atoms with Gasteiger partial charge < -0.3 is 5.11 Å². The smallest absolute Gasteiger partial charge is 0.328 e.